The van der Waals surface area contributed by atoms with Crippen LogP contribution in [0.15, 0.2) is 55.0 Å². The number of fused-ring (bicyclic) bond motifs is 1. The number of pyridine rings is 2. The van der Waals surface area contributed by atoms with E-state index in [0.717, 1.165) is 16.5 Å². The van der Waals surface area contributed by atoms with E-state index in [1.807, 2.05) is 30.3 Å². The number of nitrogens with zero attached hydrogens (tertiary/aromatic N) is 2. The largest absolute Gasteiger partial charge is 0.320 e. The molecule has 0 fully saturated rings. The molecule has 0 aliphatic heterocycles. The molecule has 2 heterocycles. The Morgan fingerprint density at radius 1 is 1.11 bits per heavy atom. The van der Waals surface area contributed by atoms with E-state index >= 15 is 0 Å². The van der Waals surface area contributed by atoms with E-state index in [1.54, 1.807) is 12.4 Å². The third kappa shape index (κ3) is 2.18. The molecule has 0 aliphatic rings. The van der Waals surface area contributed by atoms with Crippen LogP contribution in [0.1, 0.15) is 17.2 Å². The highest BCUT2D eigenvalue weighted by Crippen LogP contribution is 2.26. The Morgan fingerprint density at radius 3 is 2.84 bits per heavy atom. The van der Waals surface area contributed by atoms with E-state index in [9.17, 15) is 4.39 Å². The van der Waals surface area contributed by atoms with Gasteiger partial charge in [0, 0.05) is 17.8 Å². The van der Waals surface area contributed by atoms with E-state index < -0.39 is 6.04 Å². The van der Waals surface area contributed by atoms with Crippen molar-refractivity contribution in [1.82, 2.24) is 9.97 Å². The van der Waals surface area contributed by atoms with Crippen LogP contribution in [-0.2, 0) is 0 Å². The summed E-state index contributed by atoms with van der Waals surface area (Å²) in [5.74, 6) is -0.383. The predicted molar refractivity (Wildman–Crippen MR) is 72.0 cm³/mol. The quantitative estimate of drug-likeness (QED) is 0.764. The zero-order chi connectivity index (χ0) is 13.2. The van der Waals surface area contributed by atoms with Crippen molar-refractivity contribution in [3.05, 3.63) is 71.9 Å². The van der Waals surface area contributed by atoms with Crippen molar-refractivity contribution in [2.45, 2.75) is 6.04 Å². The van der Waals surface area contributed by atoms with Crippen molar-refractivity contribution in [3.63, 3.8) is 0 Å². The molecule has 1 atom stereocenters. The second-order valence-electron chi connectivity index (χ2n) is 4.33. The molecule has 0 bridgehead atoms. The summed E-state index contributed by atoms with van der Waals surface area (Å²) in [6.45, 7) is 0. The molecule has 1 unspecified atom stereocenters. The molecule has 3 aromatic rings. The summed E-state index contributed by atoms with van der Waals surface area (Å²) in [5.41, 5.74) is 8.66. The highest BCUT2D eigenvalue weighted by molar-refractivity contribution is 5.82. The SMILES string of the molecule is NC(c1cncc(F)c1)c1cccc2ncccc12. The molecule has 4 heteroatoms. The van der Waals surface area contributed by atoms with Crippen LogP contribution in [0.25, 0.3) is 10.9 Å². The number of rotatable bonds is 2. The molecule has 2 N–H and O–H groups in total. The van der Waals surface area contributed by atoms with Gasteiger partial charge in [0.25, 0.3) is 0 Å². The summed E-state index contributed by atoms with van der Waals surface area (Å²) >= 11 is 0. The van der Waals surface area contributed by atoms with Gasteiger partial charge in [0.2, 0.25) is 0 Å². The van der Waals surface area contributed by atoms with Crippen molar-refractivity contribution in [2.24, 2.45) is 5.73 Å². The molecule has 19 heavy (non-hydrogen) atoms. The van der Waals surface area contributed by atoms with E-state index in [-0.39, 0.29) is 5.82 Å². The zero-order valence-electron chi connectivity index (χ0n) is 10.1. The fourth-order valence-corrected chi connectivity index (χ4v) is 2.18. The second-order valence-corrected chi connectivity index (χ2v) is 4.33. The van der Waals surface area contributed by atoms with Gasteiger partial charge in [-0.15, -0.1) is 0 Å². The van der Waals surface area contributed by atoms with Gasteiger partial charge in [-0.05, 0) is 29.3 Å². The Bertz CT molecular complexity index is 722. The van der Waals surface area contributed by atoms with Crippen LogP contribution < -0.4 is 5.73 Å². The first-order valence-corrected chi connectivity index (χ1v) is 5.95. The normalized spacial score (nSPS) is 12.5. The maximum atomic E-state index is 13.2. The van der Waals surface area contributed by atoms with E-state index in [4.69, 9.17) is 5.73 Å². The fourth-order valence-electron chi connectivity index (χ4n) is 2.18. The molecule has 0 aliphatic carbocycles. The molecule has 0 amide bonds. The summed E-state index contributed by atoms with van der Waals surface area (Å²) in [5, 5.41) is 0.974. The van der Waals surface area contributed by atoms with Gasteiger partial charge in [-0.1, -0.05) is 18.2 Å². The Kier molecular flexibility index (Phi) is 2.93. The average molecular weight is 253 g/mol. The van der Waals surface area contributed by atoms with Gasteiger partial charge in [0.1, 0.15) is 5.82 Å². The van der Waals surface area contributed by atoms with Gasteiger partial charge in [-0.3, -0.25) is 9.97 Å². The molecule has 1 aromatic carbocycles. The third-order valence-electron chi connectivity index (χ3n) is 3.10. The van der Waals surface area contributed by atoms with Gasteiger partial charge < -0.3 is 5.73 Å². The van der Waals surface area contributed by atoms with Crippen LogP contribution in [0.2, 0.25) is 0 Å². The van der Waals surface area contributed by atoms with E-state index in [2.05, 4.69) is 9.97 Å². The summed E-state index contributed by atoms with van der Waals surface area (Å²) < 4.78 is 13.2. The Morgan fingerprint density at radius 2 is 2.00 bits per heavy atom. The van der Waals surface area contributed by atoms with Crippen LogP contribution in [0.5, 0.6) is 0 Å². The molecule has 0 saturated heterocycles. The molecule has 94 valence electrons. The topological polar surface area (TPSA) is 51.8 Å². The zero-order valence-corrected chi connectivity index (χ0v) is 10.1. The second kappa shape index (κ2) is 4.74. The molecule has 0 radical (unpaired) electrons. The minimum atomic E-state index is -0.420. The van der Waals surface area contributed by atoms with Crippen LogP contribution in [0.3, 0.4) is 0 Å². The number of hydrogen-bond donors (Lipinski definition) is 1. The van der Waals surface area contributed by atoms with Gasteiger partial charge in [-0.2, -0.15) is 0 Å². The smallest absolute Gasteiger partial charge is 0.141 e. The highest BCUT2D eigenvalue weighted by Gasteiger charge is 2.13. The Balaban J connectivity index is 2.14. The van der Waals surface area contributed by atoms with Gasteiger partial charge in [0.05, 0.1) is 17.8 Å². The first-order valence-electron chi connectivity index (χ1n) is 5.95. The van der Waals surface area contributed by atoms with E-state index in [1.165, 1.54) is 12.3 Å². The van der Waals surface area contributed by atoms with Gasteiger partial charge >= 0.3 is 0 Å². The lowest BCUT2D eigenvalue weighted by atomic mass is 9.97. The summed E-state index contributed by atoms with van der Waals surface area (Å²) in [6, 6.07) is 10.6. The summed E-state index contributed by atoms with van der Waals surface area (Å²) in [7, 11) is 0. The molecule has 0 saturated carbocycles. The van der Waals surface area contributed by atoms with Crippen molar-refractivity contribution in [2.75, 3.05) is 0 Å². The highest BCUT2D eigenvalue weighted by atomic mass is 19.1. The monoisotopic (exact) mass is 253 g/mol. The molecule has 2 aromatic heterocycles. The standard InChI is InChI=1S/C15H12FN3/c16-11-7-10(8-18-9-11)15(17)13-3-1-5-14-12(13)4-2-6-19-14/h1-9,15H,17H2. The maximum Gasteiger partial charge on any atom is 0.141 e. The first kappa shape index (κ1) is 11.7. The van der Waals surface area contributed by atoms with Crippen molar-refractivity contribution >= 4 is 10.9 Å². The molecular weight excluding hydrogens is 241 g/mol. The van der Waals surface area contributed by atoms with Crippen molar-refractivity contribution < 1.29 is 4.39 Å². The van der Waals surface area contributed by atoms with Gasteiger partial charge in [0.15, 0.2) is 0 Å². The first-order chi connectivity index (χ1) is 9.25. The number of halogens is 1. The third-order valence-corrected chi connectivity index (χ3v) is 3.10. The molecule has 3 nitrogen and oxygen atoms in total. The molecule has 0 spiro atoms. The lowest BCUT2D eigenvalue weighted by Crippen LogP contribution is -2.13. The lowest BCUT2D eigenvalue weighted by Gasteiger charge is -2.14. The van der Waals surface area contributed by atoms with Crippen LogP contribution in [0, 0.1) is 5.82 Å². The maximum absolute atomic E-state index is 13.2. The van der Waals surface area contributed by atoms with E-state index in [0.29, 0.717) is 5.56 Å². The van der Waals surface area contributed by atoms with Crippen LogP contribution in [-0.4, -0.2) is 9.97 Å². The Hall–Kier alpha value is -2.33. The molecular formula is C15H12FN3. The molecule has 3 rings (SSSR count). The van der Waals surface area contributed by atoms with Gasteiger partial charge in [-0.25, -0.2) is 4.39 Å². The number of nitrogens with two attached hydrogens (primary N) is 1. The Labute approximate surface area is 109 Å². The minimum absolute atomic E-state index is 0.383. The van der Waals surface area contributed by atoms with Crippen LogP contribution >= 0.6 is 0 Å². The predicted octanol–water partition coefficient (Wildman–Crippen LogP) is 2.82. The van der Waals surface area contributed by atoms with Crippen LogP contribution in [0.4, 0.5) is 4.39 Å². The summed E-state index contributed by atoms with van der Waals surface area (Å²) in [4.78, 5) is 8.13. The number of benzene rings is 1. The lowest BCUT2D eigenvalue weighted by molar-refractivity contribution is 0.616. The van der Waals surface area contributed by atoms with Crippen molar-refractivity contribution in [3.8, 4) is 0 Å². The number of aromatic nitrogens is 2. The van der Waals surface area contributed by atoms with Crippen molar-refractivity contribution in [1.29, 1.82) is 0 Å². The average Bonchev–Trinajstić information content (AvgIpc) is 2.46. The fraction of sp³-hybridized carbons (Fsp3) is 0.0667. The summed E-state index contributed by atoms with van der Waals surface area (Å²) in [6.07, 6.45) is 4.49. The number of hydrogen-bond acceptors (Lipinski definition) is 3. The minimum Gasteiger partial charge on any atom is -0.320 e.